The molecule has 1 aromatic heterocycles. The molecule has 0 aliphatic carbocycles. The molecule has 0 bridgehead atoms. The molecule has 0 amide bonds. The molecule has 5 nitrogen and oxygen atoms in total. The first-order valence-electron chi connectivity index (χ1n) is 8.96. The van der Waals surface area contributed by atoms with Crippen LogP contribution < -0.4 is 4.72 Å². The second-order valence-electron chi connectivity index (χ2n) is 6.45. The zero-order chi connectivity index (χ0) is 19.4. The molecule has 0 radical (unpaired) electrons. The van der Waals surface area contributed by atoms with Gasteiger partial charge in [-0.25, -0.2) is 13.1 Å². The third-order valence-corrected chi connectivity index (χ3v) is 6.70. The number of sulfonamides is 1. The number of benzene rings is 3. The highest BCUT2D eigenvalue weighted by Crippen LogP contribution is 2.28. The predicted octanol–water partition coefficient (Wildman–Crippen LogP) is 4.19. The Kier molecular flexibility index (Phi) is 5.47. The van der Waals surface area contributed by atoms with Gasteiger partial charge in [0.1, 0.15) is 15.9 Å². The molecule has 4 rings (SSSR count). The van der Waals surface area contributed by atoms with Gasteiger partial charge in [0.2, 0.25) is 10.0 Å². The highest BCUT2D eigenvalue weighted by molar-refractivity contribution is 7.89. The van der Waals surface area contributed by atoms with Gasteiger partial charge in [0, 0.05) is 12.5 Å². The summed E-state index contributed by atoms with van der Waals surface area (Å²) in [5.41, 5.74) is 3.35. The van der Waals surface area contributed by atoms with Gasteiger partial charge in [-0.15, -0.1) is 0 Å². The molecule has 4 aromatic rings. The number of nitrogens with zero attached hydrogens (tertiary/aromatic N) is 2. The summed E-state index contributed by atoms with van der Waals surface area (Å²) in [4.78, 5) is 0.176. The lowest BCUT2D eigenvalue weighted by Gasteiger charge is -2.18. The van der Waals surface area contributed by atoms with Crippen LogP contribution in [0.1, 0.15) is 23.5 Å². The maximum atomic E-state index is 12.8. The number of hydrogen-bond acceptors (Lipinski definition) is 5. The molecule has 1 heterocycles. The maximum Gasteiger partial charge on any atom is 0.242 e. The molecule has 142 valence electrons. The fourth-order valence-corrected chi connectivity index (χ4v) is 5.12. The Hall–Kier alpha value is -2.61. The van der Waals surface area contributed by atoms with E-state index in [1.54, 1.807) is 18.2 Å². The SMILES string of the molecule is O=S(=O)(NCCC(c1ccccc1)c1ccccc1)c1cccc2nsnc12. The van der Waals surface area contributed by atoms with Crippen molar-refractivity contribution in [3.8, 4) is 0 Å². The van der Waals surface area contributed by atoms with Crippen LogP contribution in [0.5, 0.6) is 0 Å². The van der Waals surface area contributed by atoms with Gasteiger partial charge in [0.25, 0.3) is 0 Å². The molecule has 0 aliphatic heterocycles. The third kappa shape index (κ3) is 3.96. The molecule has 0 saturated carbocycles. The van der Waals surface area contributed by atoms with E-state index in [2.05, 4.69) is 37.7 Å². The number of rotatable bonds is 7. The van der Waals surface area contributed by atoms with Crippen LogP contribution in [0, 0.1) is 0 Å². The van der Waals surface area contributed by atoms with Gasteiger partial charge in [-0.2, -0.15) is 8.75 Å². The molecule has 0 aliphatic rings. The quantitative estimate of drug-likeness (QED) is 0.497. The fourth-order valence-electron chi connectivity index (χ4n) is 3.31. The van der Waals surface area contributed by atoms with Crippen LogP contribution in [0.3, 0.4) is 0 Å². The number of nitrogens with one attached hydrogen (secondary N) is 1. The van der Waals surface area contributed by atoms with Crippen molar-refractivity contribution >= 4 is 32.8 Å². The summed E-state index contributed by atoms with van der Waals surface area (Å²) in [6, 6.07) is 25.3. The molecule has 0 atom stereocenters. The average molecular weight is 410 g/mol. The molecular formula is C21H19N3O2S2. The Labute approximate surface area is 168 Å². The van der Waals surface area contributed by atoms with E-state index < -0.39 is 10.0 Å². The van der Waals surface area contributed by atoms with Gasteiger partial charge < -0.3 is 0 Å². The summed E-state index contributed by atoms with van der Waals surface area (Å²) in [6.07, 6.45) is 0.651. The van der Waals surface area contributed by atoms with Crippen molar-refractivity contribution in [2.45, 2.75) is 17.2 Å². The minimum absolute atomic E-state index is 0.113. The first-order chi connectivity index (χ1) is 13.6. The van der Waals surface area contributed by atoms with E-state index in [4.69, 9.17) is 0 Å². The van der Waals surface area contributed by atoms with E-state index in [0.717, 1.165) is 11.7 Å². The number of hydrogen-bond donors (Lipinski definition) is 1. The molecule has 7 heteroatoms. The highest BCUT2D eigenvalue weighted by atomic mass is 32.2. The summed E-state index contributed by atoms with van der Waals surface area (Å²) in [6.45, 7) is 0.324. The summed E-state index contributed by atoms with van der Waals surface area (Å²) in [5.74, 6) is 0.113. The molecular weight excluding hydrogens is 390 g/mol. The van der Waals surface area contributed by atoms with Gasteiger partial charge in [-0.05, 0) is 29.7 Å². The summed E-state index contributed by atoms with van der Waals surface area (Å²) in [7, 11) is -3.66. The minimum Gasteiger partial charge on any atom is -0.211 e. The number of fused-ring (bicyclic) bond motifs is 1. The monoisotopic (exact) mass is 409 g/mol. The van der Waals surface area contributed by atoms with Gasteiger partial charge >= 0.3 is 0 Å². The van der Waals surface area contributed by atoms with E-state index >= 15 is 0 Å². The smallest absolute Gasteiger partial charge is 0.211 e. The lowest BCUT2D eigenvalue weighted by atomic mass is 9.89. The van der Waals surface area contributed by atoms with Crippen molar-refractivity contribution in [3.05, 3.63) is 90.0 Å². The second-order valence-corrected chi connectivity index (χ2v) is 8.71. The van der Waals surface area contributed by atoms with E-state index in [0.29, 0.717) is 24.0 Å². The second kappa shape index (κ2) is 8.18. The van der Waals surface area contributed by atoms with E-state index in [1.165, 1.54) is 11.1 Å². The van der Waals surface area contributed by atoms with Crippen molar-refractivity contribution in [3.63, 3.8) is 0 Å². The van der Waals surface area contributed by atoms with Crippen LogP contribution in [0.2, 0.25) is 0 Å². The van der Waals surface area contributed by atoms with Crippen molar-refractivity contribution in [1.29, 1.82) is 0 Å². The molecule has 0 spiro atoms. The van der Waals surface area contributed by atoms with Crippen LogP contribution in [-0.4, -0.2) is 23.7 Å². The summed E-state index contributed by atoms with van der Waals surface area (Å²) in [5, 5.41) is 0. The van der Waals surface area contributed by atoms with Crippen molar-refractivity contribution in [1.82, 2.24) is 13.5 Å². The van der Waals surface area contributed by atoms with Gasteiger partial charge in [-0.3, -0.25) is 0 Å². The molecule has 28 heavy (non-hydrogen) atoms. The normalized spacial score (nSPS) is 11.9. The molecule has 0 unspecified atom stereocenters. The largest absolute Gasteiger partial charge is 0.242 e. The van der Waals surface area contributed by atoms with Crippen LogP contribution in [0.4, 0.5) is 0 Å². The first-order valence-corrected chi connectivity index (χ1v) is 11.2. The topological polar surface area (TPSA) is 72.0 Å². The summed E-state index contributed by atoms with van der Waals surface area (Å²) < 4.78 is 36.6. The lowest BCUT2D eigenvalue weighted by molar-refractivity contribution is 0.576. The number of aromatic nitrogens is 2. The summed E-state index contributed by atoms with van der Waals surface area (Å²) >= 11 is 1.01. The minimum atomic E-state index is -3.66. The van der Waals surface area contributed by atoms with E-state index in [9.17, 15) is 8.42 Å². The average Bonchev–Trinajstić information content (AvgIpc) is 3.21. The molecule has 3 aromatic carbocycles. The third-order valence-electron chi connectivity index (χ3n) is 4.67. The van der Waals surface area contributed by atoms with Crippen LogP contribution in [0.15, 0.2) is 83.8 Å². The lowest BCUT2D eigenvalue weighted by Crippen LogP contribution is -2.26. The Morgan fingerprint density at radius 3 is 2.11 bits per heavy atom. The van der Waals surface area contributed by atoms with E-state index in [1.807, 2.05) is 36.4 Å². The maximum absolute atomic E-state index is 12.8. The highest BCUT2D eigenvalue weighted by Gasteiger charge is 2.20. The van der Waals surface area contributed by atoms with Crippen molar-refractivity contribution < 1.29 is 8.42 Å². The zero-order valence-electron chi connectivity index (χ0n) is 15.0. The molecule has 0 saturated heterocycles. The Morgan fingerprint density at radius 1 is 0.821 bits per heavy atom. The fraction of sp³-hybridized carbons (Fsp3) is 0.143. The van der Waals surface area contributed by atoms with Gasteiger partial charge in [0.05, 0.1) is 11.7 Å². The van der Waals surface area contributed by atoms with Crippen LogP contribution in [-0.2, 0) is 10.0 Å². The molecule has 1 N–H and O–H groups in total. The predicted molar refractivity (Wildman–Crippen MR) is 112 cm³/mol. The van der Waals surface area contributed by atoms with Crippen molar-refractivity contribution in [2.75, 3.05) is 6.54 Å². The van der Waals surface area contributed by atoms with E-state index in [-0.39, 0.29) is 10.8 Å². The Morgan fingerprint density at radius 2 is 1.46 bits per heavy atom. The zero-order valence-corrected chi connectivity index (χ0v) is 16.7. The van der Waals surface area contributed by atoms with Gasteiger partial charge in [0.15, 0.2) is 0 Å². The Balaban J connectivity index is 1.54. The van der Waals surface area contributed by atoms with Crippen molar-refractivity contribution in [2.24, 2.45) is 0 Å². The van der Waals surface area contributed by atoms with Crippen LogP contribution >= 0.6 is 11.7 Å². The first kappa shape index (κ1) is 18.7. The Bertz CT molecular complexity index is 1120. The molecule has 0 fully saturated rings. The standard InChI is InChI=1S/C21H19N3O2S2/c25-28(26,20-13-7-12-19-21(20)24-27-23-19)22-15-14-18(16-8-3-1-4-9-16)17-10-5-2-6-11-17/h1-13,18,22H,14-15H2. The van der Waals surface area contributed by atoms with Gasteiger partial charge in [-0.1, -0.05) is 66.7 Å². The van der Waals surface area contributed by atoms with Crippen LogP contribution in [0.25, 0.3) is 11.0 Å².